The van der Waals surface area contributed by atoms with Crippen molar-refractivity contribution in [3.8, 4) is 11.5 Å². The number of ether oxygens (including phenoxy) is 2. The molecule has 1 fully saturated rings. The molecule has 0 spiro atoms. The molecule has 20 heavy (non-hydrogen) atoms. The molecule has 0 saturated carbocycles. The van der Waals surface area contributed by atoms with Gasteiger partial charge in [0.15, 0.2) is 6.29 Å². The maximum atomic E-state index is 5.71. The first-order valence-electron chi connectivity index (χ1n) is 7.99. The maximum absolute atomic E-state index is 5.71. The first kappa shape index (κ1) is 17.5. The van der Waals surface area contributed by atoms with Crippen LogP contribution in [0.25, 0.3) is 0 Å². The summed E-state index contributed by atoms with van der Waals surface area (Å²) >= 11 is 0. The number of unbranched alkanes of at least 4 members (excludes halogenated alkanes) is 3. The lowest BCUT2D eigenvalue weighted by Crippen LogP contribution is -2.22. The monoisotopic (exact) mass is 294 g/mol. The Balaban J connectivity index is 1.91. The SMILES string of the molecule is C[Si](C)(C)C#C/C=C/CCCCCOC1CCCCO1. The summed E-state index contributed by atoms with van der Waals surface area (Å²) < 4.78 is 11.2. The van der Waals surface area contributed by atoms with Gasteiger partial charge in [-0.2, -0.15) is 0 Å². The molecule has 0 aromatic rings. The van der Waals surface area contributed by atoms with E-state index in [1.165, 1.54) is 25.7 Å². The highest BCUT2D eigenvalue weighted by Crippen LogP contribution is 2.14. The molecule has 0 bridgehead atoms. The van der Waals surface area contributed by atoms with Gasteiger partial charge in [-0.1, -0.05) is 38.1 Å². The highest BCUT2D eigenvalue weighted by Gasteiger charge is 2.13. The number of hydrogen-bond donors (Lipinski definition) is 0. The normalized spacial score (nSPS) is 19.9. The Morgan fingerprint density at radius 2 is 2.05 bits per heavy atom. The molecule has 0 aromatic heterocycles. The van der Waals surface area contributed by atoms with Crippen molar-refractivity contribution in [3.05, 3.63) is 12.2 Å². The Morgan fingerprint density at radius 3 is 2.75 bits per heavy atom. The van der Waals surface area contributed by atoms with Crippen molar-refractivity contribution < 1.29 is 9.47 Å². The van der Waals surface area contributed by atoms with E-state index in [0.29, 0.717) is 0 Å². The average molecular weight is 295 g/mol. The van der Waals surface area contributed by atoms with Gasteiger partial charge in [-0.15, -0.1) is 5.54 Å². The summed E-state index contributed by atoms with van der Waals surface area (Å²) in [4.78, 5) is 0. The summed E-state index contributed by atoms with van der Waals surface area (Å²) in [6.07, 6.45) is 12.5. The van der Waals surface area contributed by atoms with Crippen LogP contribution in [0.1, 0.15) is 44.9 Å². The molecule has 0 aliphatic carbocycles. The van der Waals surface area contributed by atoms with Gasteiger partial charge in [-0.25, -0.2) is 0 Å². The van der Waals surface area contributed by atoms with E-state index in [0.717, 1.165) is 32.5 Å². The molecule has 1 unspecified atom stereocenters. The van der Waals surface area contributed by atoms with Crippen molar-refractivity contribution in [2.45, 2.75) is 70.9 Å². The van der Waals surface area contributed by atoms with Crippen molar-refractivity contribution in [2.24, 2.45) is 0 Å². The first-order valence-corrected chi connectivity index (χ1v) is 11.5. The average Bonchev–Trinajstić information content (AvgIpc) is 2.41. The Morgan fingerprint density at radius 1 is 1.20 bits per heavy atom. The summed E-state index contributed by atoms with van der Waals surface area (Å²) in [5.74, 6) is 3.16. The highest BCUT2D eigenvalue weighted by molar-refractivity contribution is 6.83. The fourth-order valence-corrected chi connectivity index (χ4v) is 2.52. The van der Waals surface area contributed by atoms with Crippen molar-refractivity contribution >= 4 is 8.07 Å². The van der Waals surface area contributed by atoms with Gasteiger partial charge in [0, 0.05) is 13.2 Å². The van der Waals surface area contributed by atoms with Crippen LogP contribution < -0.4 is 0 Å². The Kier molecular flexibility index (Phi) is 8.92. The molecule has 0 aromatic carbocycles. The minimum Gasteiger partial charge on any atom is -0.353 e. The quantitative estimate of drug-likeness (QED) is 0.390. The topological polar surface area (TPSA) is 18.5 Å². The molecule has 1 atom stereocenters. The summed E-state index contributed by atoms with van der Waals surface area (Å²) in [6, 6.07) is 0. The van der Waals surface area contributed by atoms with E-state index in [1.807, 2.05) is 6.08 Å². The van der Waals surface area contributed by atoms with Gasteiger partial charge in [-0.05, 0) is 44.6 Å². The predicted molar refractivity (Wildman–Crippen MR) is 88.3 cm³/mol. The van der Waals surface area contributed by atoms with E-state index in [4.69, 9.17) is 9.47 Å². The first-order chi connectivity index (χ1) is 9.58. The van der Waals surface area contributed by atoms with Gasteiger partial charge >= 0.3 is 0 Å². The molecule has 0 amide bonds. The molecule has 114 valence electrons. The van der Waals surface area contributed by atoms with E-state index < -0.39 is 8.07 Å². The van der Waals surface area contributed by atoms with Crippen molar-refractivity contribution in [1.29, 1.82) is 0 Å². The summed E-state index contributed by atoms with van der Waals surface area (Å²) in [6.45, 7) is 8.51. The Hall–Kier alpha value is -0.563. The molecule has 1 rings (SSSR count). The van der Waals surface area contributed by atoms with Crippen LogP contribution in [-0.2, 0) is 9.47 Å². The zero-order valence-corrected chi connectivity index (χ0v) is 14.4. The highest BCUT2D eigenvalue weighted by atomic mass is 28.3. The number of hydrogen-bond acceptors (Lipinski definition) is 2. The van der Waals surface area contributed by atoms with Crippen molar-refractivity contribution in [1.82, 2.24) is 0 Å². The van der Waals surface area contributed by atoms with Crippen LogP contribution >= 0.6 is 0 Å². The Labute approximate surface area is 125 Å². The van der Waals surface area contributed by atoms with Crippen LogP contribution in [0.4, 0.5) is 0 Å². The molecule has 1 aliphatic rings. The zero-order chi connectivity index (χ0) is 14.7. The standard InChI is InChI=1S/C17H30O2Si/c1-20(2,3)16-12-8-6-4-5-7-10-14-18-17-13-9-11-15-19-17/h6,8,17H,4-5,7,9-11,13-15H2,1-3H3/b8-6+. The lowest BCUT2D eigenvalue weighted by Gasteiger charge is -2.22. The molecule has 2 nitrogen and oxygen atoms in total. The summed E-state index contributed by atoms with van der Waals surface area (Å²) in [5, 5.41) is 0. The maximum Gasteiger partial charge on any atom is 0.157 e. The predicted octanol–water partition coefficient (Wildman–Crippen LogP) is 4.53. The molecule has 1 saturated heterocycles. The van der Waals surface area contributed by atoms with Crippen molar-refractivity contribution in [3.63, 3.8) is 0 Å². The molecule has 1 aliphatic heterocycles. The van der Waals surface area contributed by atoms with Gasteiger partial charge in [0.05, 0.1) is 0 Å². The van der Waals surface area contributed by atoms with Crippen LogP contribution in [0.15, 0.2) is 12.2 Å². The number of allylic oxidation sites excluding steroid dienone is 2. The van der Waals surface area contributed by atoms with E-state index in [9.17, 15) is 0 Å². The second-order valence-electron chi connectivity index (χ2n) is 6.44. The van der Waals surface area contributed by atoms with Crippen LogP contribution in [-0.4, -0.2) is 27.6 Å². The van der Waals surface area contributed by atoms with Gasteiger partial charge in [0.25, 0.3) is 0 Å². The second kappa shape index (κ2) is 10.2. The smallest absolute Gasteiger partial charge is 0.157 e. The van der Waals surface area contributed by atoms with Crippen LogP contribution in [0.5, 0.6) is 0 Å². The van der Waals surface area contributed by atoms with E-state index in [1.54, 1.807) is 0 Å². The van der Waals surface area contributed by atoms with Gasteiger partial charge in [0.2, 0.25) is 0 Å². The van der Waals surface area contributed by atoms with Crippen molar-refractivity contribution in [2.75, 3.05) is 13.2 Å². The van der Waals surface area contributed by atoms with Crippen LogP contribution in [0.2, 0.25) is 19.6 Å². The molecule has 1 heterocycles. The largest absolute Gasteiger partial charge is 0.353 e. The number of rotatable bonds is 7. The van der Waals surface area contributed by atoms with Crippen LogP contribution in [0.3, 0.4) is 0 Å². The van der Waals surface area contributed by atoms with Gasteiger partial charge in [0.1, 0.15) is 8.07 Å². The third-order valence-corrected chi connectivity index (χ3v) is 4.00. The van der Waals surface area contributed by atoms with E-state index >= 15 is 0 Å². The fraction of sp³-hybridized carbons (Fsp3) is 0.765. The third kappa shape index (κ3) is 10.3. The van der Waals surface area contributed by atoms with Gasteiger partial charge in [-0.3, -0.25) is 0 Å². The summed E-state index contributed by atoms with van der Waals surface area (Å²) in [5.41, 5.74) is 3.34. The van der Waals surface area contributed by atoms with E-state index in [2.05, 4.69) is 37.2 Å². The van der Waals surface area contributed by atoms with Crippen LogP contribution in [0, 0.1) is 11.5 Å². The lowest BCUT2D eigenvalue weighted by molar-refractivity contribution is -0.162. The second-order valence-corrected chi connectivity index (χ2v) is 11.2. The lowest BCUT2D eigenvalue weighted by atomic mass is 10.2. The zero-order valence-electron chi connectivity index (χ0n) is 13.4. The Bertz CT molecular complexity index is 327. The molecule has 0 radical (unpaired) electrons. The molecule has 0 N–H and O–H groups in total. The summed E-state index contributed by atoms with van der Waals surface area (Å²) in [7, 11) is -1.20. The minimum atomic E-state index is -1.20. The fourth-order valence-electron chi connectivity index (χ4n) is 2.00. The van der Waals surface area contributed by atoms with E-state index in [-0.39, 0.29) is 6.29 Å². The molecular weight excluding hydrogens is 264 g/mol. The molecular formula is C17H30O2Si. The third-order valence-electron chi connectivity index (χ3n) is 3.11. The minimum absolute atomic E-state index is 0.0699. The molecule has 3 heteroatoms. The van der Waals surface area contributed by atoms with Gasteiger partial charge < -0.3 is 9.47 Å².